The maximum Gasteiger partial charge on any atom is 0.573 e. The molecule has 0 radical (unpaired) electrons. The standard InChI is InChI=1S/C20H21F3N4O2/c1-12-2-4-14(5-3-12)19(28)25-18(11-24)17-10-16(26-27-17)13-6-8-15(9-7-13)29-20(21,22)23/h2-9,16,18,26H,10-11,24H2,1H3,(H,25,28). The number of benzene rings is 2. The molecule has 0 aliphatic carbocycles. The molecule has 29 heavy (non-hydrogen) atoms. The van der Waals surface area contributed by atoms with E-state index in [0.29, 0.717) is 17.7 Å². The van der Waals surface area contributed by atoms with Crippen molar-refractivity contribution in [2.45, 2.75) is 31.8 Å². The first-order valence-electron chi connectivity index (χ1n) is 9.00. The van der Waals surface area contributed by atoms with Crippen molar-refractivity contribution in [3.8, 4) is 5.75 Å². The number of nitrogens with one attached hydrogen (secondary N) is 2. The highest BCUT2D eigenvalue weighted by Gasteiger charge is 2.31. The number of rotatable bonds is 6. The van der Waals surface area contributed by atoms with Crippen LogP contribution in [0.3, 0.4) is 0 Å². The Morgan fingerprint density at radius 2 is 1.90 bits per heavy atom. The van der Waals surface area contributed by atoms with Crippen LogP contribution in [0.5, 0.6) is 5.75 Å². The van der Waals surface area contributed by atoms with Gasteiger partial charge in [0.15, 0.2) is 0 Å². The van der Waals surface area contributed by atoms with E-state index in [1.165, 1.54) is 12.1 Å². The number of carbonyl (C=O) groups is 1. The summed E-state index contributed by atoms with van der Waals surface area (Å²) in [7, 11) is 0. The van der Waals surface area contributed by atoms with Gasteiger partial charge in [0.05, 0.1) is 17.8 Å². The van der Waals surface area contributed by atoms with Gasteiger partial charge < -0.3 is 21.2 Å². The zero-order valence-electron chi connectivity index (χ0n) is 15.7. The predicted molar refractivity (Wildman–Crippen MR) is 103 cm³/mol. The Morgan fingerprint density at radius 3 is 2.48 bits per heavy atom. The van der Waals surface area contributed by atoms with Gasteiger partial charge in [-0.3, -0.25) is 4.79 Å². The molecule has 6 nitrogen and oxygen atoms in total. The van der Waals surface area contributed by atoms with Crippen molar-refractivity contribution in [3.05, 3.63) is 65.2 Å². The summed E-state index contributed by atoms with van der Waals surface area (Å²) in [6.45, 7) is 2.11. The van der Waals surface area contributed by atoms with E-state index in [1.807, 2.05) is 19.1 Å². The number of nitrogens with zero attached hydrogens (tertiary/aromatic N) is 1. The second-order valence-electron chi connectivity index (χ2n) is 6.73. The number of alkyl halides is 3. The van der Waals surface area contributed by atoms with Gasteiger partial charge in [0.2, 0.25) is 0 Å². The molecular formula is C20H21F3N4O2. The molecule has 1 aliphatic heterocycles. The molecule has 2 unspecified atom stereocenters. The van der Waals surface area contributed by atoms with Crippen molar-refractivity contribution in [1.29, 1.82) is 0 Å². The van der Waals surface area contributed by atoms with E-state index in [4.69, 9.17) is 5.73 Å². The maximum absolute atomic E-state index is 12.4. The smallest absolute Gasteiger partial charge is 0.406 e. The van der Waals surface area contributed by atoms with Gasteiger partial charge >= 0.3 is 6.36 Å². The number of hydrazone groups is 1. The average molecular weight is 406 g/mol. The van der Waals surface area contributed by atoms with Crippen LogP contribution in [0.1, 0.15) is 33.9 Å². The fourth-order valence-electron chi connectivity index (χ4n) is 3.00. The minimum Gasteiger partial charge on any atom is -0.406 e. The minimum atomic E-state index is -4.73. The Labute approximate surface area is 165 Å². The number of amides is 1. The van der Waals surface area contributed by atoms with E-state index in [1.54, 1.807) is 24.3 Å². The maximum atomic E-state index is 12.4. The molecule has 4 N–H and O–H groups in total. The molecular weight excluding hydrogens is 385 g/mol. The molecule has 2 aromatic carbocycles. The Bertz CT molecular complexity index is 880. The van der Waals surface area contributed by atoms with Gasteiger partial charge in [-0.25, -0.2) is 0 Å². The number of ether oxygens (including phenoxy) is 1. The lowest BCUT2D eigenvalue weighted by molar-refractivity contribution is -0.274. The molecule has 154 valence electrons. The predicted octanol–water partition coefficient (Wildman–Crippen LogP) is 3.04. The van der Waals surface area contributed by atoms with E-state index < -0.39 is 12.4 Å². The second kappa shape index (κ2) is 8.52. The molecule has 3 rings (SSSR count). The Kier molecular flexibility index (Phi) is 6.07. The lowest BCUT2D eigenvalue weighted by Crippen LogP contribution is -2.45. The average Bonchev–Trinajstić information content (AvgIpc) is 3.15. The highest BCUT2D eigenvalue weighted by atomic mass is 19.4. The van der Waals surface area contributed by atoms with Gasteiger partial charge in [-0.1, -0.05) is 29.8 Å². The van der Waals surface area contributed by atoms with E-state index in [2.05, 4.69) is 20.6 Å². The summed E-state index contributed by atoms with van der Waals surface area (Å²) in [6, 6.07) is 12.1. The van der Waals surface area contributed by atoms with Crippen molar-refractivity contribution in [3.63, 3.8) is 0 Å². The normalized spacial score (nSPS) is 17.3. The number of halogens is 3. The fraction of sp³-hybridized carbons (Fsp3) is 0.300. The van der Waals surface area contributed by atoms with E-state index >= 15 is 0 Å². The topological polar surface area (TPSA) is 88.7 Å². The third kappa shape index (κ3) is 5.47. The van der Waals surface area contributed by atoms with Gasteiger partial charge in [0.25, 0.3) is 5.91 Å². The second-order valence-corrected chi connectivity index (χ2v) is 6.73. The summed E-state index contributed by atoms with van der Waals surface area (Å²) in [4.78, 5) is 12.4. The third-order valence-electron chi connectivity index (χ3n) is 4.55. The minimum absolute atomic E-state index is 0.170. The molecule has 0 bridgehead atoms. The zero-order valence-corrected chi connectivity index (χ0v) is 15.7. The van der Waals surface area contributed by atoms with Gasteiger partial charge in [-0.15, -0.1) is 13.2 Å². The van der Waals surface area contributed by atoms with Gasteiger partial charge in [0, 0.05) is 18.5 Å². The summed E-state index contributed by atoms with van der Waals surface area (Å²) in [5, 5.41) is 7.14. The van der Waals surface area contributed by atoms with Crippen LogP contribution in [-0.2, 0) is 0 Å². The van der Waals surface area contributed by atoms with Gasteiger partial charge in [-0.05, 0) is 36.8 Å². The first-order chi connectivity index (χ1) is 13.7. The Morgan fingerprint density at radius 1 is 1.24 bits per heavy atom. The zero-order chi connectivity index (χ0) is 21.0. The molecule has 0 spiro atoms. The van der Waals surface area contributed by atoms with Crippen molar-refractivity contribution in [2.24, 2.45) is 10.8 Å². The summed E-state index contributed by atoms with van der Waals surface area (Å²) in [6.07, 6.45) is -4.26. The molecule has 0 fully saturated rings. The highest BCUT2D eigenvalue weighted by Crippen LogP contribution is 2.27. The lowest BCUT2D eigenvalue weighted by Gasteiger charge is -2.17. The van der Waals surface area contributed by atoms with Gasteiger partial charge in [-0.2, -0.15) is 5.10 Å². The third-order valence-corrected chi connectivity index (χ3v) is 4.55. The fourth-order valence-corrected chi connectivity index (χ4v) is 3.00. The van der Waals surface area contributed by atoms with Crippen molar-refractivity contribution in [1.82, 2.24) is 10.7 Å². The molecule has 1 aliphatic rings. The van der Waals surface area contributed by atoms with Crippen LogP contribution in [0, 0.1) is 6.92 Å². The molecule has 2 aromatic rings. The van der Waals surface area contributed by atoms with E-state index in [0.717, 1.165) is 11.1 Å². The van der Waals surface area contributed by atoms with Crippen LogP contribution < -0.4 is 21.2 Å². The molecule has 9 heteroatoms. The number of nitrogens with two attached hydrogens (primary N) is 1. The summed E-state index contributed by atoms with van der Waals surface area (Å²) in [5.74, 6) is -0.536. The van der Waals surface area contributed by atoms with Crippen LogP contribution >= 0.6 is 0 Å². The number of aryl methyl sites for hydroxylation is 1. The quantitative estimate of drug-likeness (QED) is 0.688. The first kappa shape index (κ1) is 20.7. The van der Waals surface area contributed by atoms with Crippen molar-refractivity contribution in [2.75, 3.05) is 6.54 Å². The van der Waals surface area contributed by atoms with E-state index in [9.17, 15) is 18.0 Å². The van der Waals surface area contributed by atoms with Crippen LogP contribution in [0.15, 0.2) is 53.6 Å². The number of hydrogen-bond donors (Lipinski definition) is 3. The molecule has 1 amide bonds. The van der Waals surface area contributed by atoms with Crippen molar-refractivity contribution < 1.29 is 22.7 Å². The molecule has 2 atom stereocenters. The largest absolute Gasteiger partial charge is 0.573 e. The molecule has 0 saturated carbocycles. The van der Waals surface area contributed by atoms with Crippen LogP contribution in [0.25, 0.3) is 0 Å². The molecule has 0 aromatic heterocycles. The lowest BCUT2D eigenvalue weighted by atomic mass is 9.99. The number of hydrogen-bond acceptors (Lipinski definition) is 5. The van der Waals surface area contributed by atoms with Crippen molar-refractivity contribution >= 4 is 11.6 Å². The summed E-state index contributed by atoms with van der Waals surface area (Å²) < 4.78 is 40.7. The summed E-state index contributed by atoms with van der Waals surface area (Å²) >= 11 is 0. The number of carbonyl (C=O) groups excluding carboxylic acids is 1. The van der Waals surface area contributed by atoms with Crippen LogP contribution in [0.4, 0.5) is 13.2 Å². The highest BCUT2D eigenvalue weighted by molar-refractivity contribution is 6.00. The van der Waals surface area contributed by atoms with Crippen LogP contribution in [0.2, 0.25) is 0 Å². The molecule has 1 heterocycles. The summed E-state index contributed by atoms with van der Waals surface area (Å²) in [5.41, 5.74) is 11.8. The Balaban J connectivity index is 1.61. The Hall–Kier alpha value is -3.07. The van der Waals surface area contributed by atoms with Crippen LogP contribution in [-0.4, -0.2) is 30.6 Å². The molecule has 0 saturated heterocycles. The monoisotopic (exact) mass is 406 g/mol. The van der Waals surface area contributed by atoms with E-state index in [-0.39, 0.29) is 24.2 Å². The SMILES string of the molecule is Cc1ccc(C(=O)NC(CN)C2=NNC(c3ccc(OC(F)(F)F)cc3)C2)cc1. The van der Waals surface area contributed by atoms with Gasteiger partial charge in [0.1, 0.15) is 5.75 Å². The first-order valence-corrected chi connectivity index (χ1v) is 9.00.